The highest BCUT2D eigenvalue weighted by Gasteiger charge is 2.58. The van der Waals surface area contributed by atoms with E-state index in [-0.39, 0.29) is 18.5 Å². The SMILES string of the molecule is O=C1C[C@]2(CC(c3cccc([N+](=O)[O-])c3)=NO2)C(=O)N1c1cccc(Cl)c1. The van der Waals surface area contributed by atoms with Crippen LogP contribution in [0.2, 0.25) is 5.02 Å². The van der Waals surface area contributed by atoms with Crippen molar-refractivity contribution in [2.24, 2.45) is 5.16 Å². The van der Waals surface area contributed by atoms with Crippen LogP contribution in [0.3, 0.4) is 0 Å². The fourth-order valence-electron chi connectivity index (χ4n) is 3.23. The average molecular weight is 386 g/mol. The monoisotopic (exact) mass is 385 g/mol. The topological polar surface area (TPSA) is 102 Å². The summed E-state index contributed by atoms with van der Waals surface area (Å²) in [7, 11) is 0. The number of carbonyl (C=O) groups excluding carboxylic acids is 2. The second-order valence-electron chi connectivity index (χ2n) is 6.30. The van der Waals surface area contributed by atoms with Crippen molar-refractivity contribution in [3.8, 4) is 0 Å². The van der Waals surface area contributed by atoms with Gasteiger partial charge in [0.1, 0.15) is 0 Å². The molecule has 1 fully saturated rings. The number of nitrogens with zero attached hydrogens (tertiary/aromatic N) is 3. The number of nitro benzene ring substituents is 1. The zero-order chi connectivity index (χ0) is 19.2. The normalized spacial score (nSPS) is 21.5. The number of benzene rings is 2. The maximum Gasteiger partial charge on any atom is 0.281 e. The number of amides is 2. The third kappa shape index (κ3) is 2.83. The molecular formula is C18H12ClN3O5. The van der Waals surface area contributed by atoms with Gasteiger partial charge >= 0.3 is 0 Å². The van der Waals surface area contributed by atoms with E-state index in [1.807, 2.05) is 0 Å². The Balaban J connectivity index is 1.62. The van der Waals surface area contributed by atoms with Gasteiger partial charge in [0.15, 0.2) is 0 Å². The molecule has 0 bridgehead atoms. The molecule has 0 aliphatic carbocycles. The van der Waals surface area contributed by atoms with E-state index in [0.717, 1.165) is 4.90 Å². The van der Waals surface area contributed by atoms with Gasteiger partial charge in [-0.05, 0) is 18.2 Å². The van der Waals surface area contributed by atoms with Crippen LogP contribution in [-0.2, 0) is 14.4 Å². The van der Waals surface area contributed by atoms with Crippen LogP contribution in [0.25, 0.3) is 0 Å². The molecule has 27 heavy (non-hydrogen) atoms. The highest BCUT2D eigenvalue weighted by atomic mass is 35.5. The van der Waals surface area contributed by atoms with Gasteiger partial charge in [0, 0.05) is 29.1 Å². The lowest BCUT2D eigenvalue weighted by Crippen LogP contribution is -2.40. The predicted octanol–water partition coefficient (Wildman–Crippen LogP) is 3.07. The number of imide groups is 1. The van der Waals surface area contributed by atoms with E-state index in [1.165, 1.54) is 24.3 Å². The minimum atomic E-state index is -1.43. The third-order valence-electron chi connectivity index (χ3n) is 4.52. The standard InChI is InChI=1S/C18H12ClN3O5/c19-12-4-2-5-13(8-12)21-16(23)10-18(17(21)24)9-15(20-27-18)11-3-1-6-14(7-11)22(25)26/h1-8H,9-10H2/t18-/m1/s1. The summed E-state index contributed by atoms with van der Waals surface area (Å²) in [5.41, 5.74) is -0.304. The number of non-ortho nitro benzene ring substituents is 1. The Kier molecular flexibility index (Phi) is 3.92. The first-order chi connectivity index (χ1) is 12.9. The maximum atomic E-state index is 13.0. The lowest BCUT2D eigenvalue weighted by Gasteiger charge is -2.19. The van der Waals surface area contributed by atoms with Gasteiger partial charge < -0.3 is 4.84 Å². The number of rotatable bonds is 3. The molecule has 1 saturated heterocycles. The Morgan fingerprint density at radius 1 is 1.15 bits per heavy atom. The molecule has 1 atom stereocenters. The largest absolute Gasteiger partial charge is 0.378 e. The van der Waals surface area contributed by atoms with E-state index < -0.39 is 22.3 Å². The van der Waals surface area contributed by atoms with Crippen molar-refractivity contribution >= 4 is 40.5 Å². The first kappa shape index (κ1) is 17.2. The molecule has 2 heterocycles. The fraction of sp³-hybridized carbons (Fsp3) is 0.167. The molecule has 8 nitrogen and oxygen atoms in total. The van der Waals surface area contributed by atoms with Gasteiger partial charge in [0.2, 0.25) is 11.5 Å². The lowest BCUT2D eigenvalue weighted by atomic mass is 9.92. The van der Waals surface area contributed by atoms with Crippen LogP contribution in [0.15, 0.2) is 53.7 Å². The van der Waals surface area contributed by atoms with Crippen LogP contribution in [0, 0.1) is 10.1 Å². The summed E-state index contributed by atoms with van der Waals surface area (Å²) in [4.78, 5) is 42.3. The van der Waals surface area contributed by atoms with Crippen molar-refractivity contribution in [2.75, 3.05) is 4.90 Å². The quantitative estimate of drug-likeness (QED) is 0.459. The number of anilines is 1. The summed E-state index contributed by atoms with van der Waals surface area (Å²) < 4.78 is 0. The Labute approximate surface area is 158 Å². The van der Waals surface area contributed by atoms with Crippen LogP contribution in [-0.4, -0.2) is 28.1 Å². The number of oxime groups is 1. The summed E-state index contributed by atoms with van der Waals surface area (Å²) in [6.45, 7) is 0. The van der Waals surface area contributed by atoms with Crippen LogP contribution < -0.4 is 4.90 Å². The first-order valence-electron chi connectivity index (χ1n) is 8.02. The van der Waals surface area contributed by atoms with Crippen LogP contribution in [0.5, 0.6) is 0 Å². The van der Waals surface area contributed by atoms with Crippen molar-refractivity contribution < 1.29 is 19.3 Å². The Bertz CT molecular complexity index is 1020. The second-order valence-corrected chi connectivity index (χ2v) is 6.74. The number of carbonyl (C=O) groups is 2. The van der Waals surface area contributed by atoms with Crippen molar-refractivity contribution in [3.05, 3.63) is 69.2 Å². The van der Waals surface area contributed by atoms with Crippen LogP contribution in [0.4, 0.5) is 11.4 Å². The number of hydrogen-bond donors (Lipinski definition) is 0. The van der Waals surface area contributed by atoms with Crippen LogP contribution in [0.1, 0.15) is 18.4 Å². The molecule has 2 aliphatic rings. The van der Waals surface area contributed by atoms with Gasteiger partial charge in [-0.2, -0.15) is 0 Å². The molecular weight excluding hydrogens is 374 g/mol. The molecule has 0 unspecified atom stereocenters. The molecule has 9 heteroatoms. The van der Waals surface area contributed by atoms with Gasteiger partial charge in [0.05, 0.1) is 22.7 Å². The summed E-state index contributed by atoms with van der Waals surface area (Å²) >= 11 is 5.96. The van der Waals surface area contributed by atoms with Gasteiger partial charge in [0.25, 0.3) is 11.6 Å². The van der Waals surface area contributed by atoms with E-state index in [1.54, 1.807) is 24.3 Å². The predicted molar refractivity (Wildman–Crippen MR) is 96.6 cm³/mol. The molecule has 136 valence electrons. The van der Waals surface area contributed by atoms with E-state index in [4.69, 9.17) is 16.4 Å². The van der Waals surface area contributed by atoms with Gasteiger partial charge in [-0.1, -0.05) is 35.0 Å². The highest BCUT2D eigenvalue weighted by molar-refractivity contribution is 6.31. The molecule has 2 amide bonds. The summed E-state index contributed by atoms with van der Waals surface area (Å²) in [6, 6.07) is 12.3. The second kappa shape index (κ2) is 6.17. The number of nitro groups is 1. The first-order valence-corrected chi connectivity index (χ1v) is 8.40. The Hall–Kier alpha value is -3.26. The molecule has 0 saturated carbocycles. The van der Waals surface area contributed by atoms with Gasteiger partial charge in [-0.15, -0.1) is 0 Å². The molecule has 0 radical (unpaired) electrons. The summed E-state index contributed by atoms with van der Waals surface area (Å²) in [6.07, 6.45) is -0.115. The van der Waals surface area contributed by atoms with Gasteiger partial charge in [-0.3, -0.25) is 19.7 Å². The minimum Gasteiger partial charge on any atom is -0.378 e. The zero-order valence-electron chi connectivity index (χ0n) is 13.8. The molecule has 2 aromatic rings. The van der Waals surface area contributed by atoms with E-state index in [2.05, 4.69) is 5.16 Å². The molecule has 2 aliphatic heterocycles. The minimum absolute atomic E-state index is 0.0514. The van der Waals surface area contributed by atoms with Crippen molar-refractivity contribution in [1.82, 2.24) is 0 Å². The summed E-state index contributed by atoms with van der Waals surface area (Å²) in [5, 5.41) is 15.3. The smallest absolute Gasteiger partial charge is 0.281 e. The van der Waals surface area contributed by atoms with E-state index >= 15 is 0 Å². The fourth-order valence-corrected chi connectivity index (χ4v) is 3.42. The van der Waals surface area contributed by atoms with Gasteiger partial charge in [-0.25, -0.2) is 4.90 Å². The molecule has 1 spiro atoms. The average Bonchev–Trinajstić information content (AvgIpc) is 3.17. The number of halogens is 1. The molecule has 0 aromatic heterocycles. The number of hydrogen-bond acceptors (Lipinski definition) is 6. The molecule has 4 rings (SSSR count). The van der Waals surface area contributed by atoms with E-state index in [9.17, 15) is 19.7 Å². The van der Waals surface area contributed by atoms with E-state index in [0.29, 0.717) is 22.0 Å². The Morgan fingerprint density at radius 3 is 2.67 bits per heavy atom. The third-order valence-corrected chi connectivity index (χ3v) is 4.75. The molecule has 2 aromatic carbocycles. The van der Waals surface area contributed by atoms with Crippen molar-refractivity contribution in [2.45, 2.75) is 18.4 Å². The molecule has 0 N–H and O–H groups in total. The van der Waals surface area contributed by atoms with Crippen molar-refractivity contribution in [1.29, 1.82) is 0 Å². The highest BCUT2D eigenvalue weighted by Crippen LogP contribution is 2.39. The lowest BCUT2D eigenvalue weighted by molar-refractivity contribution is -0.384. The Morgan fingerprint density at radius 2 is 1.93 bits per heavy atom. The van der Waals surface area contributed by atoms with Crippen molar-refractivity contribution in [3.63, 3.8) is 0 Å². The van der Waals surface area contributed by atoms with Crippen LogP contribution >= 0.6 is 11.6 Å². The maximum absolute atomic E-state index is 13.0. The zero-order valence-corrected chi connectivity index (χ0v) is 14.5. The summed E-state index contributed by atoms with van der Waals surface area (Å²) in [5.74, 6) is -0.947.